The van der Waals surface area contributed by atoms with E-state index in [2.05, 4.69) is 15.9 Å². The van der Waals surface area contributed by atoms with Gasteiger partial charge in [0, 0.05) is 9.50 Å². The molecule has 2 rings (SSSR count). The van der Waals surface area contributed by atoms with E-state index in [1.807, 2.05) is 24.3 Å². The van der Waals surface area contributed by atoms with Crippen molar-refractivity contribution in [1.82, 2.24) is 0 Å². The SMILES string of the molecule is O=Cc1cc(Cl)cc(Cl)c1OCc1cccc(Br)c1. The second kappa shape index (κ2) is 6.42. The number of carbonyl (C=O) groups is 1. The summed E-state index contributed by atoms with van der Waals surface area (Å²) in [5.74, 6) is 0.348. The Kier molecular flexibility index (Phi) is 4.86. The van der Waals surface area contributed by atoms with Gasteiger partial charge in [0.25, 0.3) is 0 Å². The van der Waals surface area contributed by atoms with E-state index in [9.17, 15) is 4.79 Å². The molecule has 0 radical (unpaired) electrons. The van der Waals surface area contributed by atoms with Crippen LogP contribution < -0.4 is 4.74 Å². The highest BCUT2D eigenvalue weighted by molar-refractivity contribution is 9.10. The van der Waals surface area contributed by atoms with Crippen LogP contribution in [-0.4, -0.2) is 6.29 Å². The van der Waals surface area contributed by atoms with Gasteiger partial charge in [0.1, 0.15) is 12.4 Å². The minimum absolute atomic E-state index is 0.321. The van der Waals surface area contributed by atoms with Crippen molar-refractivity contribution >= 4 is 45.4 Å². The molecule has 0 aliphatic heterocycles. The number of hydrogen-bond acceptors (Lipinski definition) is 2. The van der Waals surface area contributed by atoms with Crippen molar-refractivity contribution in [2.24, 2.45) is 0 Å². The lowest BCUT2D eigenvalue weighted by Crippen LogP contribution is -1.99. The van der Waals surface area contributed by atoms with Gasteiger partial charge >= 0.3 is 0 Å². The summed E-state index contributed by atoms with van der Waals surface area (Å²) in [6.45, 7) is 0.321. The van der Waals surface area contributed by atoms with E-state index in [0.29, 0.717) is 34.3 Å². The number of aldehydes is 1. The maximum absolute atomic E-state index is 11.0. The van der Waals surface area contributed by atoms with Crippen molar-refractivity contribution in [3.8, 4) is 5.75 Å². The number of rotatable bonds is 4. The van der Waals surface area contributed by atoms with Crippen LogP contribution in [0, 0.1) is 0 Å². The number of benzene rings is 2. The molecule has 0 bridgehead atoms. The summed E-state index contributed by atoms with van der Waals surface area (Å²) >= 11 is 15.3. The molecule has 0 aromatic heterocycles. The Balaban J connectivity index is 2.22. The topological polar surface area (TPSA) is 26.3 Å². The first-order valence-corrected chi connectivity index (χ1v) is 6.96. The molecule has 0 fully saturated rings. The van der Waals surface area contributed by atoms with Gasteiger partial charge in [0.05, 0.1) is 10.6 Å². The van der Waals surface area contributed by atoms with Crippen molar-refractivity contribution in [2.75, 3.05) is 0 Å². The Hall–Kier alpha value is -1.03. The van der Waals surface area contributed by atoms with Gasteiger partial charge in [-0.05, 0) is 29.8 Å². The van der Waals surface area contributed by atoms with E-state index in [4.69, 9.17) is 27.9 Å². The molecule has 0 aliphatic carbocycles. The van der Waals surface area contributed by atoms with E-state index >= 15 is 0 Å². The average Bonchev–Trinajstić information content (AvgIpc) is 2.37. The zero-order chi connectivity index (χ0) is 13.8. The molecule has 0 spiro atoms. The predicted octanol–water partition coefficient (Wildman–Crippen LogP) is 5.15. The lowest BCUT2D eigenvalue weighted by atomic mass is 10.2. The van der Waals surface area contributed by atoms with Gasteiger partial charge in [-0.25, -0.2) is 0 Å². The highest BCUT2D eigenvalue weighted by Gasteiger charge is 2.10. The highest BCUT2D eigenvalue weighted by atomic mass is 79.9. The van der Waals surface area contributed by atoms with Gasteiger partial charge in [-0.2, -0.15) is 0 Å². The lowest BCUT2D eigenvalue weighted by molar-refractivity contribution is 0.111. The first kappa shape index (κ1) is 14.4. The molecule has 2 aromatic rings. The first-order valence-electron chi connectivity index (χ1n) is 5.41. The Morgan fingerprint density at radius 2 is 2.00 bits per heavy atom. The van der Waals surface area contributed by atoms with E-state index in [-0.39, 0.29) is 0 Å². The number of halogens is 3. The van der Waals surface area contributed by atoms with Gasteiger partial charge in [-0.15, -0.1) is 0 Å². The molecule has 19 heavy (non-hydrogen) atoms. The fraction of sp³-hybridized carbons (Fsp3) is 0.0714. The zero-order valence-corrected chi connectivity index (χ0v) is 12.8. The third-order valence-corrected chi connectivity index (χ3v) is 3.43. The van der Waals surface area contributed by atoms with Crippen molar-refractivity contribution in [3.63, 3.8) is 0 Å². The smallest absolute Gasteiger partial charge is 0.153 e. The Morgan fingerprint density at radius 3 is 2.68 bits per heavy atom. The van der Waals surface area contributed by atoms with E-state index < -0.39 is 0 Å². The normalized spacial score (nSPS) is 10.3. The van der Waals surface area contributed by atoms with Crippen molar-refractivity contribution in [3.05, 3.63) is 62.0 Å². The quantitative estimate of drug-likeness (QED) is 0.706. The minimum Gasteiger partial charge on any atom is -0.487 e. The molecule has 0 aliphatic rings. The van der Waals surface area contributed by atoms with E-state index in [1.54, 1.807) is 6.07 Å². The summed E-state index contributed by atoms with van der Waals surface area (Å²) in [6, 6.07) is 10.8. The number of carbonyl (C=O) groups excluding carboxylic acids is 1. The molecule has 2 nitrogen and oxygen atoms in total. The van der Waals surface area contributed by atoms with E-state index in [0.717, 1.165) is 10.0 Å². The fourth-order valence-electron chi connectivity index (χ4n) is 1.60. The molecule has 98 valence electrons. The van der Waals surface area contributed by atoms with Gasteiger partial charge in [-0.1, -0.05) is 51.3 Å². The van der Waals surface area contributed by atoms with Crippen LogP contribution in [0.2, 0.25) is 10.0 Å². The third kappa shape index (κ3) is 3.72. The molecular formula is C14H9BrCl2O2. The Morgan fingerprint density at radius 1 is 1.21 bits per heavy atom. The first-order chi connectivity index (χ1) is 9.10. The molecule has 0 atom stereocenters. The van der Waals surface area contributed by atoms with Crippen LogP contribution >= 0.6 is 39.1 Å². The van der Waals surface area contributed by atoms with Crippen LogP contribution in [0.4, 0.5) is 0 Å². The summed E-state index contributed by atoms with van der Waals surface area (Å²) in [5, 5.41) is 0.728. The monoisotopic (exact) mass is 358 g/mol. The Labute approximate surface area is 129 Å². The largest absolute Gasteiger partial charge is 0.487 e. The average molecular weight is 360 g/mol. The maximum atomic E-state index is 11.0. The zero-order valence-electron chi connectivity index (χ0n) is 9.70. The molecule has 0 heterocycles. The molecule has 0 saturated carbocycles. The molecule has 0 unspecified atom stereocenters. The van der Waals surface area contributed by atoms with Crippen molar-refractivity contribution < 1.29 is 9.53 Å². The molecule has 0 saturated heterocycles. The second-order valence-corrected chi connectivity index (χ2v) is 5.60. The molecular weight excluding hydrogens is 351 g/mol. The van der Waals surface area contributed by atoms with Crippen molar-refractivity contribution in [2.45, 2.75) is 6.61 Å². The second-order valence-electron chi connectivity index (χ2n) is 3.84. The van der Waals surface area contributed by atoms with Crippen LogP contribution in [0.15, 0.2) is 40.9 Å². The molecule has 5 heteroatoms. The summed E-state index contributed by atoms with van der Waals surface area (Å²) < 4.78 is 6.58. The third-order valence-electron chi connectivity index (χ3n) is 2.44. The maximum Gasteiger partial charge on any atom is 0.153 e. The van der Waals surface area contributed by atoms with Gasteiger partial charge in [-0.3, -0.25) is 4.79 Å². The lowest BCUT2D eigenvalue weighted by Gasteiger charge is -2.11. The number of ether oxygens (including phenoxy) is 1. The predicted molar refractivity (Wildman–Crippen MR) is 80.3 cm³/mol. The summed E-state index contributed by atoms with van der Waals surface area (Å²) in [7, 11) is 0. The fourth-order valence-corrected chi connectivity index (χ4v) is 2.61. The standard InChI is InChI=1S/C14H9BrCl2O2/c15-11-3-1-2-9(4-11)8-19-14-10(7-18)5-12(16)6-13(14)17/h1-7H,8H2. The minimum atomic E-state index is 0.321. The van der Waals surface area contributed by atoms with Gasteiger partial charge in [0.2, 0.25) is 0 Å². The Bertz CT molecular complexity index is 614. The highest BCUT2D eigenvalue weighted by Crippen LogP contribution is 2.32. The summed E-state index contributed by atoms with van der Waals surface area (Å²) in [5.41, 5.74) is 1.31. The number of hydrogen-bond donors (Lipinski definition) is 0. The van der Waals surface area contributed by atoms with Crippen molar-refractivity contribution in [1.29, 1.82) is 0 Å². The van der Waals surface area contributed by atoms with Crippen LogP contribution in [-0.2, 0) is 6.61 Å². The van der Waals surface area contributed by atoms with Crippen LogP contribution in [0.25, 0.3) is 0 Å². The van der Waals surface area contributed by atoms with Gasteiger partial charge < -0.3 is 4.74 Å². The van der Waals surface area contributed by atoms with Crippen LogP contribution in [0.5, 0.6) is 5.75 Å². The molecule has 0 N–H and O–H groups in total. The molecule has 0 amide bonds. The summed E-state index contributed by atoms with van der Waals surface area (Å²) in [4.78, 5) is 11.0. The van der Waals surface area contributed by atoms with E-state index in [1.165, 1.54) is 6.07 Å². The van der Waals surface area contributed by atoms with Gasteiger partial charge in [0.15, 0.2) is 6.29 Å². The van der Waals surface area contributed by atoms with Crippen LogP contribution in [0.1, 0.15) is 15.9 Å². The van der Waals surface area contributed by atoms with Crippen LogP contribution in [0.3, 0.4) is 0 Å². The summed E-state index contributed by atoms with van der Waals surface area (Å²) in [6.07, 6.45) is 0.675. The molecule has 2 aromatic carbocycles.